The van der Waals surface area contributed by atoms with Gasteiger partial charge in [-0.3, -0.25) is 0 Å². The second kappa shape index (κ2) is 6.05. The van der Waals surface area contributed by atoms with E-state index in [1.54, 1.807) is 7.11 Å². The van der Waals surface area contributed by atoms with Crippen molar-refractivity contribution in [1.29, 1.82) is 0 Å². The fourth-order valence-electron chi connectivity index (χ4n) is 3.57. The lowest BCUT2D eigenvalue weighted by Crippen LogP contribution is -2.41. The first-order valence-corrected chi connectivity index (χ1v) is 8.31. The van der Waals surface area contributed by atoms with Gasteiger partial charge < -0.3 is 15.2 Å². The van der Waals surface area contributed by atoms with E-state index < -0.39 is 0 Å². The molecular weight excluding hydrogens is 286 g/mol. The molecule has 0 aliphatic heterocycles. The summed E-state index contributed by atoms with van der Waals surface area (Å²) >= 11 is 6.53. The van der Waals surface area contributed by atoms with Crippen LogP contribution < -0.4 is 15.2 Å². The van der Waals surface area contributed by atoms with Crippen LogP contribution in [-0.2, 0) is 5.41 Å². The normalized spacial score (nSPS) is 21.1. The van der Waals surface area contributed by atoms with Crippen LogP contribution in [0.4, 0.5) is 0 Å². The minimum absolute atomic E-state index is 0.0379. The highest BCUT2D eigenvalue weighted by Gasteiger charge is 2.39. The fourth-order valence-corrected chi connectivity index (χ4v) is 3.92. The van der Waals surface area contributed by atoms with Crippen molar-refractivity contribution in [2.45, 2.75) is 56.5 Å². The SMILES string of the molecule is COc1cc(C2(CN)CCC2)c(Cl)cc1OC1CCCC1. The average molecular weight is 310 g/mol. The van der Waals surface area contributed by atoms with Crippen molar-refractivity contribution in [1.82, 2.24) is 0 Å². The molecule has 3 nitrogen and oxygen atoms in total. The molecule has 2 saturated carbocycles. The average Bonchev–Trinajstić information content (AvgIpc) is 2.93. The van der Waals surface area contributed by atoms with Crippen LogP contribution in [-0.4, -0.2) is 19.8 Å². The molecule has 0 aromatic heterocycles. The van der Waals surface area contributed by atoms with Gasteiger partial charge in [-0.05, 0) is 50.2 Å². The number of hydrogen-bond donors (Lipinski definition) is 1. The third-order valence-corrected chi connectivity index (χ3v) is 5.43. The van der Waals surface area contributed by atoms with Crippen molar-refractivity contribution in [3.63, 3.8) is 0 Å². The van der Waals surface area contributed by atoms with Gasteiger partial charge in [-0.2, -0.15) is 0 Å². The molecule has 0 spiro atoms. The number of ether oxygens (including phenoxy) is 2. The van der Waals surface area contributed by atoms with Crippen molar-refractivity contribution in [3.8, 4) is 11.5 Å². The first-order chi connectivity index (χ1) is 10.2. The predicted molar refractivity (Wildman–Crippen MR) is 85.5 cm³/mol. The molecule has 4 heteroatoms. The summed E-state index contributed by atoms with van der Waals surface area (Å²) in [5.74, 6) is 1.55. The Hall–Kier alpha value is -0.930. The molecule has 116 valence electrons. The van der Waals surface area contributed by atoms with Crippen molar-refractivity contribution < 1.29 is 9.47 Å². The van der Waals surface area contributed by atoms with Crippen molar-refractivity contribution >= 4 is 11.6 Å². The maximum atomic E-state index is 6.53. The molecule has 21 heavy (non-hydrogen) atoms. The summed E-state index contributed by atoms with van der Waals surface area (Å²) in [6.07, 6.45) is 8.46. The van der Waals surface area contributed by atoms with E-state index in [4.69, 9.17) is 26.8 Å². The van der Waals surface area contributed by atoms with Crippen molar-refractivity contribution in [3.05, 3.63) is 22.7 Å². The number of hydrogen-bond acceptors (Lipinski definition) is 3. The molecule has 2 aliphatic rings. The Morgan fingerprint density at radius 3 is 2.43 bits per heavy atom. The molecule has 2 aliphatic carbocycles. The maximum absolute atomic E-state index is 6.53. The molecule has 2 N–H and O–H groups in total. The molecule has 0 bridgehead atoms. The van der Waals surface area contributed by atoms with Gasteiger partial charge in [-0.1, -0.05) is 18.0 Å². The molecular formula is C17H24ClNO2. The summed E-state index contributed by atoms with van der Waals surface area (Å²) in [5, 5.41) is 0.758. The highest BCUT2D eigenvalue weighted by Crippen LogP contribution is 2.48. The molecule has 3 rings (SSSR count). The van der Waals surface area contributed by atoms with Crippen molar-refractivity contribution in [2.75, 3.05) is 13.7 Å². The van der Waals surface area contributed by atoms with E-state index >= 15 is 0 Å². The van der Waals surface area contributed by atoms with Gasteiger partial charge in [0.1, 0.15) is 0 Å². The van der Waals surface area contributed by atoms with E-state index in [1.807, 2.05) is 12.1 Å². The highest BCUT2D eigenvalue weighted by molar-refractivity contribution is 6.31. The lowest BCUT2D eigenvalue weighted by atomic mass is 9.64. The molecule has 1 aromatic carbocycles. The monoisotopic (exact) mass is 309 g/mol. The van der Waals surface area contributed by atoms with Gasteiger partial charge in [-0.25, -0.2) is 0 Å². The zero-order chi connectivity index (χ0) is 14.9. The minimum atomic E-state index is 0.0379. The number of methoxy groups -OCH3 is 1. The van der Waals surface area contributed by atoms with E-state index in [0.717, 1.165) is 47.8 Å². The molecule has 0 radical (unpaired) electrons. The number of halogens is 1. The van der Waals surface area contributed by atoms with Crippen molar-refractivity contribution in [2.24, 2.45) is 5.73 Å². The Balaban J connectivity index is 1.90. The first-order valence-electron chi connectivity index (χ1n) is 7.93. The summed E-state index contributed by atoms with van der Waals surface area (Å²) in [7, 11) is 1.68. The van der Waals surface area contributed by atoms with Gasteiger partial charge in [0.25, 0.3) is 0 Å². The van der Waals surface area contributed by atoms with Crippen LogP contribution >= 0.6 is 11.6 Å². The lowest BCUT2D eigenvalue weighted by molar-refractivity contribution is 0.199. The molecule has 1 aromatic rings. The van der Waals surface area contributed by atoms with E-state index in [2.05, 4.69) is 0 Å². The van der Waals surface area contributed by atoms with Crippen LogP contribution in [0, 0.1) is 0 Å². The van der Waals surface area contributed by atoms with Gasteiger partial charge in [-0.15, -0.1) is 0 Å². The van der Waals surface area contributed by atoms with Crippen LogP contribution in [0.15, 0.2) is 12.1 Å². The topological polar surface area (TPSA) is 44.5 Å². The van der Waals surface area contributed by atoms with Gasteiger partial charge in [0, 0.05) is 23.0 Å². The van der Waals surface area contributed by atoms with Gasteiger partial charge in [0.05, 0.1) is 13.2 Å². The zero-order valence-corrected chi connectivity index (χ0v) is 13.4. The van der Waals surface area contributed by atoms with E-state index in [9.17, 15) is 0 Å². The van der Waals surface area contributed by atoms with Crippen LogP contribution in [0.2, 0.25) is 5.02 Å². The Kier molecular flexibility index (Phi) is 4.32. The minimum Gasteiger partial charge on any atom is -0.493 e. The second-order valence-electron chi connectivity index (χ2n) is 6.35. The van der Waals surface area contributed by atoms with Gasteiger partial charge in [0.2, 0.25) is 0 Å². The first kappa shape index (κ1) is 15.0. The highest BCUT2D eigenvalue weighted by atomic mass is 35.5. The summed E-state index contributed by atoms with van der Waals surface area (Å²) in [6.45, 7) is 0.638. The molecule has 0 saturated heterocycles. The molecule has 0 atom stereocenters. The van der Waals surface area contributed by atoms with E-state index in [0.29, 0.717) is 12.6 Å². The van der Waals surface area contributed by atoms with E-state index in [1.165, 1.54) is 19.3 Å². The molecule has 0 heterocycles. The van der Waals surface area contributed by atoms with Crippen LogP contribution in [0.25, 0.3) is 0 Å². The van der Waals surface area contributed by atoms with Gasteiger partial charge >= 0.3 is 0 Å². The van der Waals surface area contributed by atoms with E-state index in [-0.39, 0.29) is 5.41 Å². The summed E-state index contributed by atoms with van der Waals surface area (Å²) < 4.78 is 11.6. The van der Waals surface area contributed by atoms with Crippen LogP contribution in [0.5, 0.6) is 11.5 Å². The Morgan fingerprint density at radius 2 is 1.90 bits per heavy atom. The number of nitrogens with two attached hydrogens (primary N) is 1. The fraction of sp³-hybridized carbons (Fsp3) is 0.647. The Morgan fingerprint density at radius 1 is 1.19 bits per heavy atom. The quantitative estimate of drug-likeness (QED) is 0.892. The zero-order valence-electron chi connectivity index (χ0n) is 12.7. The molecule has 2 fully saturated rings. The third-order valence-electron chi connectivity index (χ3n) is 5.12. The summed E-state index contributed by atoms with van der Waals surface area (Å²) in [4.78, 5) is 0. The maximum Gasteiger partial charge on any atom is 0.163 e. The number of benzene rings is 1. The Labute approximate surface area is 131 Å². The largest absolute Gasteiger partial charge is 0.493 e. The second-order valence-corrected chi connectivity index (χ2v) is 6.75. The summed E-state index contributed by atoms with van der Waals surface area (Å²) in [6, 6.07) is 3.96. The molecule has 0 unspecified atom stereocenters. The Bertz CT molecular complexity index is 502. The van der Waals surface area contributed by atoms with Gasteiger partial charge in [0.15, 0.2) is 11.5 Å². The standard InChI is InChI=1S/C17H24ClNO2/c1-20-15-9-13(17(11-19)7-4-8-17)14(18)10-16(15)21-12-5-2-3-6-12/h9-10,12H,2-8,11,19H2,1H3. The number of rotatable bonds is 5. The molecule has 0 amide bonds. The smallest absolute Gasteiger partial charge is 0.163 e. The third kappa shape index (κ3) is 2.74. The lowest BCUT2D eigenvalue weighted by Gasteiger charge is -2.42. The summed E-state index contributed by atoms with van der Waals surface area (Å²) in [5.41, 5.74) is 7.16. The van der Waals surface area contributed by atoms with Crippen LogP contribution in [0.1, 0.15) is 50.5 Å². The van der Waals surface area contributed by atoms with Crippen LogP contribution in [0.3, 0.4) is 0 Å². The predicted octanol–water partition coefficient (Wildman–Crippen LogP) is 4.05.